The number of aryl methyl sites for hydroxylation is 1. The van der Waals surface area contributed by atoms with E-state index in [1.54, 1.807) is 41.5 Å². The fraction of sp³-hybridized carbons (Fsp3) is 0.632. The summed E-state index contributed by atoms with van der Waals surface area (Å²) in [5.41, 5.74) is -1.66. The average molecular weight is 442 g/mol. The number of rotatable bonds is 5. The molecule has 166 valence electrons. The molecule has 0 aliphatic carbocycles. The Balaban J connectivity index is 2.16. The number of thiazole rings is 1. The van der Waals surface area contributed by atoms with Crippen LogP contribution >= 0.6 is 11.3 Å². The van der Waals surface area contributed by atoms with Crippen LogP contribution in [0.15, 0.2) is 6.20 Å². The van der Waals surface area contributed by atoms with Crippen molar-refractivity contribution in [1.82, 2.24) is 10.3 Å². The number of carbonyl (C=O) groups excluding carboxylic acids is 3. The van der Waals surface area contributed by atoms with E-state index in [9.17, 15) is 19.2 Å². The van der Waals surface area contributed by atoms with Crippen LogP contribution in [0.25, 0.3) is 0 Å². The van der Waals surface area contributed by atoms with Gasteiger partial charge in [0, 0.05) is 11.1 Å². The van der Waals surface area contributed by atoms with Gasteiger partial charge in [-0.15, -0.1) is 11.3 Å². The Kier molecular flexibility index (Phi) is 6.75. The Morgan fingerprint density at radius 1 is 1.13 bits per heavy atom. The number of hydrogen-bond donors (Lipinski definition) is 2. The van der Waals surface area contributed by atoms with Crippen molar-refractivity contribution in [2.75, 3.05) is 4.90 Å². The largest absolute Gasteiger partial charge is 0.480 e. The lowest BCUT2D eigenvalue weighted by molar-refractivity contribution is -0.153. The van der Waals surface area contributed by atoms with Crippen molar-refractivity contribution in [2.45, 2.75) is 71.6 Å². The van der Waals surface area contributed by atoms with Crippen LogP contribution in [-0.4, -0.2) is 51.4 Å². The molecular formula is C19H27N3O7S. The van der Waals surface area contributed by atoms with Crippen LogP contribution in [0, 0.1) is 5.92 Å². The lowest BCUT2D eigenvalue weighted by atomic mass is 9.86. The molecule has 0 spiro atoms. The summed E-state index contributed by atoms with van der Waals surface area (Å²) in [5, 5.41) is 11.5. The Morgan fingerprint density at radius 2 is 1.67 bits per heavy atom. The zero-order valence-electron chi connectivity index (χ0n) is 17.8. The van der Waals surface area contributed by atoms with Crippen LogP contribution in [0.3, 0.4) is 0 Å². The highest BCUT2D eigenvalue weighted by Crippen LogP contribution is 2.29. The van der Waals surface area contributed by atoms with Crippen molar-refractivity contribution in [2.24, 2.45) is 5.92 Å². The molecular weight excluding hydrogens is 414 g/mol. The third kappa shape index (κ3) is 6.15. The number of nitrogens with zero attached hydrogens (tertiary/aromatic N) is 2. The second kappa shape index (κ2) is 8.58. The second-order valence-corrected chi connectivity index (χ2v) is 9.97. The molecule has 0 unspecified atom stereocenters. The van der Waals surface area contributed by atoms with Crippen LogP contribution in [-0.2, 0) is 25.5 Å². The third-order valence-corrected chi connectivity index (χ3v) is 4.93. The molecule has 2 N–H and O–H groups in total. The Hall–Kier alpha value is -2.69. The van der Waals surface area contributed by atoms with E-state index in [0.717, 1.165) is 16.2 Å². The topological polar surface area (TPSA) is 135 Å². The molecule has 2 heterocycles. The number of aliphatic carboxylic acids is 1. The summed E-state index contributed by atoms with van der Waals surface area (Å²) >= 11 is 1.07. The molecule has 1 aromatic heterocycles. The van der Waals surface area contributed by atoms with Crippen molar-refractivity contribution in [1.29, 1.82) is 0 Å². The number of aromatic nitrogens is 1. The molecule has 0 saturated carbocycles. The standard InChI is InChI=1S/C19H27N3O7S/c1-18(2,3)28-16(26)22(17(27)29-19(4,5)6)15-20-9-10(30-15)7-8-11-12(14(24)25)21-13(11)23/h9,11-12H,7-8H2,1-6H3,(H,21,23)(H,24,25)/t11-,12+/m1/s1. The first kappa shape index (κ1) is 23.6. The van der Waals surface area contributed by atoms with Crippen LogP contribution in [0.4, 0.5) is 14.7 Å². The van der Waals surface area contributed by atoms with Gasteiger partial charge in [0.15, 0.2) is 0 Å². The highest BCUT2D eigenvalue weighted by molar-refractivity contribution is 7.16. The summed E-state index contributed by atoms with van der Waals surface area (Å²) in [6.45, 7) is 10.0. The van der Waals surface area contributed by atoms with Gasteiger partial charge < -0.3 is 19.9 Å². The lowest BCUT2D eigenvalue weighted by Crippen LogP contribution is -2.61. The molecule has 1 saturated heterocycles. The zero-order valence-corrected chi connectivity index (χ0v) is 18.7. The molecule has 3 amide bonds. The van der Waals surface area contributed by atoms with Gasteiger partial charge in [-0.25, -0.2) is 19.4 Å². The van der Waals surface area contributed by atoms with Crippen molar-refractivity contribution < 1.29 is 33.8 Å². The number of ether oxygens (including phenoxy) is 2. The van der Waals surface area contributed by atoms with E-state index in [4.69, 9.17) is 14.6 Å². The van der Waals surface area contributed by atoms with Gasteiger partial charge in [0.1, 0.15) is 17.2 Å². The van der Waals surface area contributed by atoms with Crippen molar-refractivity contribution >= 4 is 40.5 Å². The molecule has 0 radical (unpaired) electrons. The molecule has 11 heteroatoms. The first-order valence-corrected chi connectivity index (χ1v) is 10.2. The van der Waals surface area contributed by atoms with Gasteiger partial charge >= 0.3 is 18.2 Å². The van der Waals surface area contributed by atoms with E-state index >= 15 is 0 Å². The van der Waals surface area contributed by atoms with Crippen molar-refractivity contribution in [3.05, 3.63) is 11.1 Å². The fourth-order valence-corrected chi connectivity index (χ4v) is 3.51. The molecule has 2 atom stereocenters. The van der Waals surface area contributed by atoms with Gasteiger partial charge in [-0.1, -0.05) is 0 Å². The quantitative estimate of drug-likeness (QED) is 0.666. The van der Waals surface area contributed by atoms with Crippen LogP contribution in [0.2, 0.25) is 0 Å². The summed E-state index contributed by atoms with van der Waals surface area (Å²) in [6.07, 6.45) is 0.330. The molecule has 1 aliphatic rings. The Bertz CT molecular complexity index is 810. The van der Waals surface area contributed by atoms with E-state index < -0.39 is 41.3 Å². The maximum atomic E-state index is 12.6. The average Bonchev–Trinajstić information content (AvgIpc) is 2.97. The summed E-state index contributed by atoms with van der Waals surface area (Å²) in [6, 6.07) is -0.898. The van der Waals surface area contributed by atoms with Crippen LogP contribution in [0.5, 0.6) is 0 Å². The van der Waals surface area contributed by atoms with Gasteiger partial charge in [-0.2, -0.15) is 4.90 Å². The number of hydrogen-bond acceptors (Lipinski definition) is 8. The summed E-state index contributed by atoms with van der Waals surface area (Å²) in [5.74, 6) is -2.01. The number of carboxylic acids is 1. The van der Waals surface area contributed by atoms with Gasteiger partial charge in [0.05, 0.1) is 5.92 Å². The highest BCUT2D eigenvalue weighted by atomic mass is 32.1. The third-order valence-electron chi connectivity index (χ3n) is 3.89. The highest BCUT2D eigenvalue weighted by Gasteiger charge is 2.43. The zero-order chi connectivity index (χ0) is 22.9. The molecule has 30 heavy (non-hydrogen) atoms. The van der Waals surface area contributed by atoms with Gasteiger partial charge in [-0.05, 0) is 54.4 Å². The summed E-state index contributed by atoms with van der Waals surface area (Å²) < 4.78 is 10.6. The van der Waals surface area contributed by atoms with Crippen LogP contribution < -0.4 is 10.2 Å². The van der Waals surface area contributed by atoms with Gasteiger partial charge in [0.2, 0.25) is 11.0 Å². The molecule has 0 bridgehead atoms. The van der Waals surface area contributed by atoms with Gasteiger partial charge in [0.25, 0.3) is 0 Å². The van der Waals surface area contributed by atoms with E-state index in [0.29, 0.717) is 17.7 Å². The minimum Gasteiger partial charge on any atom is -0.480 e. The fourth-order valence-electron chi connectivity index (χ4n) is 2.61. The number of nitrogens with one attached hydrogen (secondary N) is 1. The Labute approximate surface area is 178 Å². The predicted molar refractivity (Wildman–Crippen MR) is 108 cm³/mol. The molecule has 2 rings (SSSR count). The van der Waals surface area contributed by atoms with Crippen LogP contribution in [0.1, 0.15) is 52.8 Å². The minimum atomic E-state index is -1.08. The van der Waals surface area contributed by atoms with Crippen molar-refractivity contribution in [3.63, 3.8) is 0 Å². The van der Waals surface area contributed by atoms with E-state index in [2.05, 4.69) is 10.3 Å². The van der Waals surface area contributed by atoms with Gasteiger partial charge in [-0.3, -0.25) is 4.79 Å². The SMILES string of the molecule is CC(C)(C)OC(=O)N(C(=O)OC(C)(C)C)c1ncc(CC[C@H]2C(=O)N[C@@H]2C(=O)O)s1. The number of amides is 3. The maximum absolute atomic E-state index is 12.6. The van der Waals surface area contributed by atoms with E-state index in [1.165, 1.54) is 6.20 Å². The normalized spacial score (nSPS) is 18.8. The first-order valence-electron chi connectivity index (χ1n) is 9.42. The number of carbonyl (C=O) groups is 4. The van der Waals surface area contributed by atoms with E-state index in [-0.39, 0.29) is 11.0 Å². The Morgan fingerprint density at radius 3 is 2.10 bits per heavy atom. The molecule has 1 aromatic rings. The lowest BCUT2D eigenvalue weighted by Gasteiger charge is -2.33. The van der Waals surface area contributed by atoms with Crippen molar-refractivity contribution in [3.8, 4) is 0 Å². The number of carboxylic acid groups (broad SMARTS) is 1. The first-order chi connectivity index (χ1) is 13.7. The predicted octanol–water partition coefficient (Wildman–Crippen LogP) is 2.95. The monoisotopic (exact) mass is 441 g/mol. The second-order valence-electron chi connectivity index (χ2n) is 8.87. The molecule has 0 aromatic carbocycles. The number of imide groups is 1. The molecule has 1 aliphatic heterocycles. The number of anilines is 1. The molecule has 10 nitrogen and oxygen atoms in total. The number of β-lactam (4-membered cyclic amide) rings is 1. The minimum absolute atomic E-state index is 0.0707. The summed E-state index contributed by atoms with van der Waals surface area (Å²) in [7, 11) is 0. The maximum Gasteiger partial charge on any atom is 0.426 e. The smallest absolute Gasteiger partial charge is 0.426 e. The van der Waals surface area contributed by atoms with E-state index in [1.807, 2.05) is 0 Å². The molecule has 1 fully saturated rings. The summed E-state index contributed by atoms with van der Waals surface area (Å²) in [4.78, 5) is 53.5.